The topological polar surface area (TPSA) is 63.7 Å². The van der Waals surface area contributed by atoms with Crippen molar-refractivity contribution >= 4 is 37.6 Å². The van der Waals surface area contributed by atoms with E-state index in [0.29, 0.717) is 14.8 Å². The summed E-state index contributed by atoms with van der Waals surface area (Å²) in [7, 11) is -4.32. The van der Waals surface area contributed by atoms with E-state index < -0.39 is 40.4 Å². The molecule has 10 heteroatoms. The number of hydrogen-bond donors (Lipinski definition) is 0. The van der Waals surface area contributed by atoms with E-state index in [9.17, 15) is 26.4 Å². The first kappa shape index (κ1) is 22.2. The first-order chi connectivity index (χ1) is 12.9. The van der Waals surface area contributed by atoms with Gasteiger partial charge in [0.15, 0.2) is 0 Å². The molecule has 0 fully saturated rings. The molecule has 2 rings (SSSR count). The standard InChI is InChI=1S/C18H17BrF3NO4S/c1-12(2)27-17(24)11-23(15-5-3-4-13(10-15)18(20,21)22)28(25,26)16-8-6-14(19)7-9-16/h3-10,12H,11H2,1-2H3. The third-order valence-corrected chi connectivity index (χ3v) is 5.82. The molecule has 0 unspecified atom stereocenters. The van der Waals surface area contributed by atoms with E-state index in [1.165, 1.54) is 30.3 Å². The summed E-state index contributed by atoms with van der Waals surface area (Å²) in [5, 5.41) is 0. The van der Waals surface area contributed by atoms with Gasteiger partial charge in [-0.3, -0.25) is 9.10 Å². The highest BCUT2D eigenvalue weighted by molar-refractivity contribution is 9.10. The molecule has 0 aliphatic heterocycles. The Morgan fingerprint density at radius 1 is 1.14 bits per heavy atom. The summed E-state index contributed by atoms with van der Waals surface area (Å²) in [5.41, 5.74) is -1.32. The minimum absolute atomic E-state index is 0.176. The summed E-state index contributed by atoms with van der Waals surface area (Å²) in [6, 6.07) is 9.29. The maximum Gasteiger partial charge on any atom is 0.416 e. The molecule has 0 atom stereocenters. The van der Waals surface area contributed by atoms with Crippen LogP contribution in [0.5, 0.6) is 0 Å². The van der Waals surface area contributed by atoms with Crippen LogP contribution < -0.4 is 4.31 Å². The van der Waals surface area contributed by atoms with Crippen molar-refractivity contribution in [3.63, 3.8) is 0 Å². The van der Waals surface area contributed by atoms with Crippen LogP contribution in [0.2, 0.25) is 0 Å². The fraction of sp³-hybridized carbons (Fsp3) is 0.278. The van der Waals surface area contributed by atoms with E-state index >= 15 is 0 Å². The summed E-state index contributed by atoms with van der Waals surface area (Å²) in [5.74, 6) is -0.881. The minimum Gasteiger partial charge on any atom is -0.462 e. The molecular weight excluding hydrogens is 463 g/mol. The van der Waals surface area contributed by atoms with Gasteiger partial charge in [0, 0.05) is 4.47 Å². The predicted octanol–water partition coefficient (Wildman–Crippen LogP) is 4.61. The van der Waals surface area contributed by atoms with Gasteiger partial charge in [-0.1, -0.05) is 22.0 Å². The predicted molar refractivity (Wildman–Crippen MR) is 101 cm³/mol. The Kier molecular flexibility index (Phi) is 6.76. The lowest BCUT2D eigenvalue weighted by atomic mass is 10.2. The normalized spacial score (nSPS) is 12.1. The van der Waals surface area contributed by atoms with Crippen LogP contribution in [0.15, 0.2) is 57.9 Å². The number of carbonyl (C=O) groups is 1. The molecule has 0 bridgehead atoms. The first-order valence-corrected chi connectivity index (χ1v) is 10.3. The average Bonchev–Trinajstić information content (AvgIpc) is 2.58. The van der Waals surface area contributed by atoms with Crippen molar-refractivity contribution in [3.8, 4) is 0 Å². The van der Waals surface area contributed by atoms with Gasteiger partial charge in [0.25, 0.3) is 10.0 Å². The van der Waals surface area contributed by atoms with Gasteiger partial charge in [0.2, 0.25) is 0 Å². The molecule has 2 aromatic carbocycles. The molecule has 0 saturated heterocycles. The van der Waals surface area contributed by atoms with Gasteiger partial charge in [-0.15, -0.1) is 0 Å². The van der Waals surface area contributed by atoms with Crippen LogP contribution in [-0.2, 0) is 25.7 Å². The molecule has 0 radical (unpaired) electrons. The molecule has 0 N–H and O–H groups in total. The van der Waals surface area contributed by atoms with Crippen LogP contribution in [0.3, 0.4) is 0 Å². The Morgan fingerprint density at radius 2 is 1.75 bits per heavy atom. The van der Waals surface area contributed by atoms with Crippen molar-refractivity contribution in [2.24, 2.45) is 0 Å². The van der Waals surface area contributed by atoms with Crippen molar-refractivity contribution < 1.29 is 31.1 Å². The van der Waals surface area contributed by atoms with E-state index in [2.05, 4.69) is 15.9 Å². The zero-order valence-electron chi connectivity index (χ0n) is 14.9. The number of nitrogens with zero attached hydrogens (tertiary/aromatic N) is 1. The van der Waals surface area contributed by atoms with Crippen LogP contribution >= 0.6 is 15.9 Å². The minimum atomic E-state index is -4.67. The second-order valence-electron chi connectivity index (χ2n) is 6.05. The monoisotopic (exact) mass is 479 g/mol. The summed E-state index contributed by atoms with van der Waals surface area (Å²) in [6.07, 6.45) is -5.17. The number of sulfonamides is 1. The van der Waals surface area contributed by atoms with Gasteiger partial charge in [0.05, 0.1) is 22.3 Å². The number of ether oxygens (including phenoxy) is 1. The summed E-state index contributed by atoms with van der Waals surface area (Å²) in [4.78, 5) is 11.9. The second kappa shape index (κ2) is 8.52. The quantitative estimate of drug-likeness (QED) is 0.567. The number of esters is 1. The largest absolute Gasteiger partial charge is 0.462 e. The van der Waals surface area contributed by atoms with Gasteiger partial charge >= 0.3 is 12.1 Å². The highest BCUT2D eigenvalue weighted by Crippen LogP contribution is 2.33. The Hall–Kier alpha value is -2.07. The lowest BCUT2D eigenvalue weighted by molar-refractivity contribution is -0.145. The smallest absolute Gasteiger partial charge is 0.416 e. The summed E-state index contributed by atoms with van der Waals surface area (Å²) in [6.45, 7) is 2.39. The van der Waals surface area contributed by atoms with E-state index in [1.54, 1.807) is 13.8 Å². The SMILES string of the molecule is CC(C)OC(=O)CN(c1cccc(C(F)(F)F)c1)S(=O)(=O)c1ccc(Br)cc1. The molecule has 0 spiro atoms. The number of halogens is 4. The fourth-order valence-corrected chi connectivity index (χ4v) is 3.97. The van der Waals surface area contributed by atoms with Crippen molar-refractivity contribution in [2.45, 2.75) is 31.0 Å². The van der Waals surface area contributed by atoms with Crippen LogP contribution in [0.25, 0.3) is 0 Å². The lowest BCUT2D eigenvalue weighted by Crippen LogP contribution is -2.37. The van der Waals surface area contributed by atoms with Crippen LogP contribution in [0.4, 0.5) is 18.9 Å². The van der Waals surface area contributed by atoms with Gasteiger partial charge in [-0.25, -0.2) is 8.42 Å². The molecule has 0 saturated carbocycles. The highest BCUT2D eigenvalue weighted by Gasteiger charge is 2.33. The molecule has 0 heterocycles. The second-order valence-corrected chi connectivity index (χ2v) is 8.83. The van der Waals surface area contributed by atoms with Crippen molar-refractivity contribution in [1.29, 1.82) is 0 Å². The summed E-state index contributed by atoms with van der Waals surface area (Å²) >= 11 is 3.19. The van der Waals surface area contributed by atoms with Gasteiger partial charge in [-0.2, -0.15) is 13.2 Å². The Balaban J connectivity index is 2.54. The third kappa shape index (κ3) is 5.48. The molecule has 0 aromatic heterocycles. The molecule has 2 aromatic rings. The van der Waals surface area contributed by atoms with Crippen molar-refractivity contribution in [2.75, 3.05) is 10.8 Å². The van der Waals surface area contributed by atoms with Crippen molar-refractivity contribution in [1.82, 2.24) is 0 Å². The maximum absolute atomic E-state index is 13.1. The molecule has 5 nitrogen and oxygen atoms in total. The third-order valence-electron chi connectivity index (χ3n) is 3.50. The number of carbonyl (C=O) groups excluding carboxylic acids is 1. The number of alkyl halides is 3. The first-order valence-electron chi connectivity index (χ1n) is 8.06. The van der Waals surface area contributed by atoms with Crippen LogP contribution in [0.1, 0.15) is 19.4 Å². The van der Waals surface area contributed by atoms with Crippen molar-refractivity contribution in [3.05, 3.63) is 58.6 Å². The zero-order chi connectivity index (χ0) is 21.1. The molecule has 152 valence electrons. The van der Waals surface area contributed by atoms with Crippen LogP contribution in [-0.4, -0.2) is 27.0 Å². The van der Waals surface area contributed by atoms with Gasteiger partial charge in [0.1, 0.15) is 6.54 Å². The number of rotatable bonds is 6. The van der Waals surface area contributed by atoms with Crippen LogP contribution in [0, 0.1) is 0 Å². The number of anilines is 1. The molecule has 0 aliphatic rings. The number of benzene rings is 2. The average molecular weight is 480 g/mol. The molecule has 28 heavy (non-hydrogen) atoms. The van der Waals surface area contributed by atoms with E-state index in [-0.39, 0.29) is 10.6 Å². The van der Waals surface area contributed by atoms with E-state index in [0.717, 1.165) is 12.1 Å². The van der Waals surface area contributed by atoms with Gasteiger partial charge in [-0.05, 0) is 56.3 Å². The molecule has 0 amide bonds. The number of hydrogen-bond acceptors (Lipinski definition) is 4. The van der Waals surface area contributed by atoms with E-state index in [4.69, 9.17) is 4.74 Å². The summed E-state index contributed by atoms with van der Waals surface area (Å²) < 4.78 is 71.5. The lowest BCUT2D eigenvalue weighted by Gasteiger charge is -2.25. The Morgan fingerprint density at radius 3 is 2.29 bits per heavy atom. The maximum atomic E-state index is 13.1. The fourth-order valence-electron chi connectivity index (χ4n) is 2.30. The van der Waals surface area contributed by atoms with E-state index in [1.807, 2.05) is 0 Å². The Bertz CT molecular complexity index is 944. The molecule has 0 aliphatic carbocycles. The zero-order valence-corrected chi connectivity index (χ0v) is 17.3. The van der Waals surface area contributed by atoms with Gasteiger partial charge < -0.3 is 4.74 Å². The highest BCUT2D eigenvalue weighted by atomic mass is 79.9. The molecular formula is C18H17BrF3NO4S. The Labute approximate surface area is 169 Å².